The molecule has 4 aromatic rings. The van der Waals surface area contributed by atoms with Crippen LogP contribution in [0, 0.1) is 0 Å². The van der Waals surface area contributed by atoms with Crippen LogP contribution >= 0.6 is 0 Å². The fourth-order valence-electron chi connectivity index (χ4n) is 5.39. The third-order valence-corrected chi connectivity index (χ3v) is 7.47. The van der Waals surface area contributed by atoms with Crippen molar-refractivity contribution in [1.29, 1.82) is 0 Å². The van der Waals surface area contributed by atoms with Gasteiger partial charge >= 0.3 is 0 Å². The lowest BCUT2D eigenvalue weighted by Crippen LogP contribution is -2.49. The summed E-state index contributed by atoms with van der Waals surface area (Å²) in [5.74, 6) is 0. The van der Waals surface area contributed by atoms with E-state index in [2.05, 4.69) is 55.1 Å². The van der Waals surface area contributed by atoms with Gasteiger partial charge in [0.2, 0.25) is 0 Å². The molecule has 4 aromatic carbocycles. The van der Waals surface area contributed by atoms with Gasteiger partial charge in [-0.1, -0.05) is 127 Å². The Morgan fingerprint density at radius 1 is 0.595 bits per heavy atom. The molecule has 0 aromatic heterocycles. The normalized spacial score (nSPS) is 21.8. The Morgan fingerprint density at radius 2 is 1.05 bits per heavy atom. The summed E-state index contributed by atoms with van der Waals surface area (Å²) in [4.78, 5) is 0. The Morgan fingerprint density at radius 3 is 1.55 bits per heavy atom. The number of ether oxygens (including phenoxy) is 5. The highest BCUT2D eigenvalue weighted by atomic mass is 16.6. The molecule has 1 fully saturated rings. The van der Waals surface area contributed by atoms with Gasteiger partial charge in [0.15, 0.2) is 0 Å². The molecule has 1 heterocycles. The molecule has 42 heavy (non-hydrogen) atoms. The number of hydrogen-bond donors (Lipinski definition) is 0. The van der Waals surface area contributed by atoms with Crippen LogP contribution in [0.5, 0.6) is 0 Å². The first-order valence-corrected chi connectivity index (χ1v) is 14.6. The molecule has 5 rings (SSSR count). The summed E-state index contributed by atoms with van der Waals surface area (Å²) in [6, 6.07) is 40.7. The zero-order chi connectivity index (χ0) is 28.9. The molecule has 218 valence electrons. The van der Waals surface area contributed by atoms with Crippen LogP contribution in [0.2, 0.25) is 0 Å². The van der Waals surface area contributed by atoms with E-state index in [1.807, 2.05) is 78.9 Å². The monoisotopic (exact) mass is 564 g/mol. The Labute approximate surface area is 249 Å². The topological polar surface area (TPSA) is 46.2 Å². The van der Waals surface area contributed by atoms with Crippen molar-refractivity contribution in [3.8, 4) is 0 Å². The van der Waals surface area contributed by atoms with Crippen molar-refractivity contribution in [2.45, 2.75) is 56.8 Å². The standard InChI is InChI=1S/C37H40O5/c1-2-23-37(29-39-25-31-17-9-4-10-18-31)36(41-27-33-21-13-6-14-22-33)35(40-26-32-19-11-5-12-20-32)34(42-37)28-38-24-30-15-7-3-8-16-30/h2-22,34-36H,1,23-29H2/t34-,35-,36+,37+/m1/s1. The van der Waals surface area contributed by atoms with Crippen LogP contribution in [0.25, 0.3) is 0 Å². The van der Waals surface area contributed by atoms with E-state index < -0.39 is 11.7 Å². The van der Waals surface area contributed by atoms with Crippen LogP contribution in [0.3, 0.4) is 0 Å². The van der Waals surface area contributed by atoms with Crippen LogP contribution in [0.4, 0.5) is 0 Å². The second kappa shape index (κ2) is 15.6. The van der Waals surface area contributed by atoms with E-state index >= 15 is 0 Å². The second-order valence-electron chi connectivity index (χ2n) is 10.7. The van der Waals surface area contributed by atoms with Crippen LogP contribution in [-0.4, -0.2) is 37.1 Å². The molecule has 1 aliphatic heterocycles. The first-order valence-electron chi connectivity index (χ1n) is 14.6. The highest BCUT2D eigenvalue weighted by molar-refractivity contribution is 5.17. The Bertz CT molecular complexity index is 1320. The smallest absolute Gasteiger partial charge is 0.124 e. The minimum atomic E-state index is -0.798. The van der Waals surface area contributed by atoms with Crippen LogP contribution < -0.4 is 0 Å². The van der Waals surface area contributed by atoms with Crippen LogP contribution in [-0.2, 0) is 50.1 Å². The van der Waals surface area contributed by atoms with E-state index in [1.165, 1.54) is 0 Å². The van der Waals surface area contributed by atoms with E-state index in [-0.39, 0.29) is 12.2 Å². The summed E-state index contributed by atoms with van der Waals surface area (Å²) in [6.45, 7) is 6.57. The van der Waals surface area contributed by atoms with Gasteiger partial charge in [0.1, 0.15) is 23.9 Å². The lowest BCUT2D eigenvalue weighted by molar-refractivity contribution is -0.152. The van der Waals surface area contributed by atoms with Crippen LogP contribution in [0.15, 0.2) is 134 Å². The van der Waals surface area contributed by atoms with Crippen molar-refractivity contribution >= 4 is 0 Å². The molecule has 5 nitrogen and oxygen atoms in total. The van der Waals surface area contributed by atoms with E-state index in [1.54, 1.807) is 0 Å². The molecule has 0 bridgehead atoms. The van der Waals surface area contributed by atoms with Gasteiger partial charge in [-0.2, -0.15) is 0 Å². The number of rotatable bonds is 16. The minimum absolute atomic E-state index is 0.327. The van der Waals surface area contributed by atoms with Gasteiger partial charge < -0.3 is 23.7 Å². The van der Waals surface area contributed by atoms with Gasteiger partial charge in [-0.15, -0.1) is 6.58 Å². The fraction of sp³-hybridized carbons (Fsp3) is 0.297. The third-order valence-electron chi connectivity index (χ3n) is 7.47. The van der Waals surface area contributed by atoms with E-state index in [9.17, 15) is 0 Å². The molecule has 0 radical (unpaired) electrons. The Kier molecular flexibility index (Phi) is 11.1. The third kappa shape index (κ3) is 8.25. The molecule has 5 heteroatoms. The molecule has 0 unspecified atom stereocenters. The quantitative estimate of drug-likeness (QED) is 0.134. The molecule has 1 aliphatic rings. The molecular weight excluding hydrogens is 524 g/mol. The lowest BCUT2D eigenvalue weighted by Gasteiger charge is -2.34. The Balaban J connectivity index is 1.39. The summed E-state index contributed by atoms with van der Waals surface area (Å²) in [5, 5.41) is 0. The molecular formula is C37H40O5. The SMILES string of the molecule is C=CC[C@@]1(COCc2ccccc2)O[C@H](COCc2ccccc2)[C@@H](OCc2ccccc2)[C@@H]1OCc1ccccc1. The van der Waals surface area contributed by atoms with Gasteiger partial charge in [0.05, 0.1) is 39.6 Å². The van der Waals surface area contributed by atoms with Gasteiger partial charge in [-0.25, -0.2) is 0 Å². The van der Waals surface area contributed by atoms with Gasteiger partial charge in [-0.3, -0.25) is 0 Å². The summed E-state index contributed by atoms with van der Waals surface area (Å²) in [5.41, 5.74) is 3.59. The minimum Gasteiger partial charge on any atom is -0.374 e. The second-order valence-corrected chi connectivity index (χ2v) is 10.7. The highest BCUT2D eigenvalue weighted by Gasteiger charge is 2.56. The average molecular weight is 565 g/mol. The fourth-order valence-corrected chi connectivity index (χ4v) is 5.39. The predicted octanol–water partition coefficient (Wildman–Crippen LogP) is 7.30. The number of hydrogen-bond acceptors (Lipinski definition) is 5. The van der Waals surface area contributed by atoms with Gasteiger partial charge in [-0.05, 0) is 28.7 Å². The molecule has 0 N–H and O–H groups in total. The first-order chi connectivity index (χ1) is 20.8. The van der Waals surface area contributed by atoms with E-state index in [0.717, 1.165) is 22.3 Å². The van der Waals surface area contributed by atoms with Crippen molar-refractivity contribution in [3.05, 3.63) is 156 Å². The van der Waals surface area contributed by atoms with Crippen molar-refractivity contribution in [3.63, 3.8) is 0 Å². The molecule has 0 amide bonds. The predicted molar refractivity (Wildman–Crippen MR) is 165 cm³/mol. The molecule has 0 saturated carbocycles. The molecule has 0 spiro atoms. The first kappa shape index (κ1) is 29.9. The maximum absolute atomic E-state index is 6.90. The summed E-state index contributed by atoms with van der Waals surface area (Å²) in [7, 11) is 0. The average Bonchev–Trinajstić information content (AvgIpc) is 3.32. The maximum Gasteiger partial charge on any atom is 0.124 e. The van der Waals surface area contributed by atoms with Crippen molar-refractivity contribution in [1.82, 2.24) is 0 Å². The van der Waals surface area contributed by atoms with E-state index in [4.69, 9.17) is 23.7 Å². The highest BCUT2D eigenvalue weighted by Crippen LogP contribution is 2.40. The largest absolute Gasteiger partial charge is 0.374 e. The maximum atomic E-state index is 6.90. The molecule has 0 aliphatic carbocycles. The zero-order valence-electron chi connectivity index (χ0n) is 24.1. The van der Waals surface area contributed by atoms with Crippen molar-refractivity contribution in [2.24, 2.45) is 0 Å². The Hall–Kier alpha value is -3.58. The van der Waals surface area contributed by atoms with Gasteiger partial charge in [0, 0.05) is 0 Å². The van der Waals surface area contributed by atoms with E-state index in [0.29, 0.717) is 46.1 Å². The number of benzene rings is 4. The summed E-state index contributed by atoms with van der Waals surface area (Å²) < 4.78 is 32.8. The van der Waals surface area contributed by atoms with Gasteiger partial charge in [0.25, 0.3) is 0 Å². The summed E-state index contributed by atoms with van der Waals surface area (Å²) >= 11 is 0. The molecule has 1 saturated heterocycles. The van der Waals surface area contributed by atoms with Crippen molar-refractivity contribution in [2.75, 3.05) is 13.2 Å². The van der Waals surface area contributed by atoms with Crippen molar-refractivity contribution < 1.29 is 23.7 Å². The molecule has 4 atom stereocenters. The summed E-state index contributed by atoms with van der Waals surface area (Å²) in [6.07, 6.45) is 1.26. The van der Waals surface area contributed by atoms with Crippen LogP contribution in [0.1, 0.15) is 28.7 Å². The zero-order valence-corrected chi connectivity index (χ0v) is 24.1. The lowest BCUT2D eigenvalue weighted by atomic mass is 9.91.